The molecule has 0 radical (unpaired) electrons. The zero-order valence-corrected chi connectivity index (χ0v) is 23.2. The number of carbonyl (C=O) groups excluding carboxylic acids is 1. The number of carbonyl (C=O) groups is 1. The highest BCUT2D eigenvalue weighted by atomic mass is 16.6. The number of hydrogen-bond donors (Lipinski definition) is 8. The fraction of sp³-hybridized carbons (Fsp3) is 0.963. The van der Waals surface area contributed by atoms with Crippen LogP contribution in [0.1, 0.15) is 104 Å². The SMILES string of the molecule is CCCCCCCCCCCCCC(C)OC(O)C(O)C(=O)C(CCO)OC(O)C(O)C(O)C(O)CCO. The van der Waals surface area contributed by atoms with Crippen LogP contribution < -0.4 is 0 Å². The van der Waals surface area contributed by atoms with Crippen molar-refractivity contribution in [3.8, 4) is 0 Å². The number of Topliss-reactive ketones (excluding diaryl/α,β-unsaturated/α-hetero) is 1. The summed E-state index contributed by atoms with van der Waals surface area (Å²) in [5.41, 5.74) is 0. The highest BCUT2D eigenvalue weighted by Crippen LogP contribution is 2.17. The third kappa shape index (κ3) is 16.4. The van der Waals surface area contributed by atoms with Crippen molar-refractivity contribution in [3.63, 3.8) is 0 Å². The summed E-state index contributed by atoms with van der Waals surface area (Å²) in [6.45, 7) is 2.88. The first-order valence-corrected chi connectivity index (χ1v) is 14.2. The number of aliphatic hydroxyl groups is 8. The van der Waals surface area contributed by atoms with E-state index in [9.17, 15) is 40.5 Å². The third-order valence-corrected chi connectivity index (χ3v) is 6.62. The van der Waals surface area contributed by atoms with Gasteiger partial charge in [-0.25, -0.2) is 0 Å². The average molecular weight is 555 g/mol. The van der Waals surface area contributed by atoms with E-state index < -0.39 is 68.2 Å². The van der Waals surface area contributed by atoms with E-state index in [0.717, 1.165) is 19.3 Å². The van der Waals surface area contributed by atoms with E-state index in [4.69, 9.17) is 14.6 Å². The lowest BCUT2D eigenvalue weighted by atomic mass is 10.0. The Balaban J connectivity index is 4.44. The molecule has 0 spiro atoms. The molecule has 0 aliphatic carbocycles. The lowest BCUT2D eigenvalue weighted by molar-refractivity contribution is -0.230. The summed E-state index contributed by atoms with van der Waals surface area (Å²) < 4.78 is 10.4. The Morgan fingerprint density at radius 1 is 0.632 bits per heavy atom. The van der Waals surface area contributed by atoms with Crippen LogP contribution in [0.5, 0.6) is 0 Å². The number of aliphatic hydroxyl groups excluding tert-OH is 8. The maximum Gasteiger partial charge on any atom is 0.195 e. The zero-order chi connectivity index (χ0) is 28.9. The Morgan fingerprint density at radius 2 is 1.13 bits per heavy atom. The maximum absolute atomic E-state index is 12.6. The van der Waals surface area contributed by atoms with Gasteiger partial charge >= 0.3 is 0 Å². The fourth-order valence-corrected chi connectivity index (χ4v) is 4.15. The molecule has 11 nitrogen and oxygen atoms in total. The van der Waals surface area contributed by atoms with Crippen LogP contribution in [0, 0.1) is 0 Å². The van der Waals surface area contributed by atoms with Crippen molar-refractivity contribution >= 4 is 5.78 Å². The van der Waals surface area contributed by atoms with E-state index in [2.05, 4.69) is 6.92 Å². The van der Waals surface area contributed by atoms with Crippen LogP contribution in [0.25, 0.3) is 0 Å². The van der Waals surface area contributed by atoms with Gasteiger partial charge in [-0.15, -0.1) is 0 Å². The first-order chi connectivity index (χ1) is 18.1. The van der Waals surface area contributed by atoms with Gasteiger partial charge < -0.3 is 50.3 Å². The number of hydrogen-bond acceptors (Lipinski definition) is 11. The highest BCUT2D eigenvalue weighted by molar-refractivity contribution is 5.87. The summed E-state index contributed by atoms with van der Waals surface area (Å²) in [7, 11) is 0. The van der Waals surface area contributed by atoms with E-state index in [1.165, 1.54) is 51.4 Å². The zero-order valence-electron chi connectivity index (χ0n) is 23.2. The van der Waals surface area contributed by atoms with Crippen LogP contribution in [0.3, 0.4) is 0 Å². The van der Waals surface area contributed by atoms with Crippen LogP contribution in [0.4, 0.5) is 0 Å². The lowest BCUT2D eigenvalue weighted by Gasteiger charge is -2.30. The van der Waals surface area contributed by atoms with Crippen LogP contribution >= 0.6 is 0 Å². The first kappa shape index (κ1) is 37.3. The van der Waals surface area contributed by atoms with E-state index >= 15 is 0 Å². The molecule has 8 atom stereocenters. The van der Waals surface area contributed by atoms with E-state index in [0.29, 0.717) is 6.42 Å². The van der Waals surface area contributed by atoms with Crippen LogP contribution in [0.15, 0.2) is 0 Å². The number of rotatable bonds is 26. The topological polar surface area (TPSA) is 197 Å². The smallest absolute Gasteiger partial charge is 0.195 e. The Bertz CT molecular complexity index is 565. The molecule has 0 saturated carbocycles. The van der Waals surface area contributed by atoms with Gasteiger partial charge in [0, 0.05) is 19.6 Å². The molecular weight excluding hydrogens is 500 g/mol. The largest absolute Gasteiger partial charge is 0.396 e. The molecule has 0 saturated heterocycles. The molecule has 0 bridgehead atoms. The molecule has 0 amide bonds. The van der Waals surface area contributed by atoms with Crippen molar-refractivity contribution in [2.45, 2.75) is 153 Å². The molecule has 0 aromatic rings. The van der Waals surface area contributed by atoms with Crippen molar-refractivity contribution < 1.29 is 55.1 Å². The summed E-state index contributed by atoms with van der Waals surface area (Å²) in [4.78, 5) is 12.6. The van der Waals surface area contributed by atoms with Crippen molar-refractivity contribution in [2.24, 2.45) is 0 Å². The van der Waals surface area contributed by atoms with Gasteiger partial charge in [-0.2, -0.15) is 0 Å². The predicted octanol–water partition coefficient (Wildman–Crippen LogP) is 0.892. The second-order valence-electron chi connectivity index (χ2n) is 10.1. The van der Waals surface area contributed by atoms with Gasteiger partial charge in [-0.3, -0.25) is 4.79 Å². The predicted molar refractivity (Wildman–Crippen MR) is 141 cm³/mol. The summed E-state index contributed by atoms with van der Waals surface area (Å²) in [5, 5.41) is 78.0. The van der Waals surface area contributed by atoms with Crippen LogP contribution in [-0.2, 0) is 14.3 Å². The summed E-state index contributed by atoms with van der Waals surface area (Å²) >= 11 is 0. The van der Waals surface area contributed by atoms with Crippen molar-refractivity contribution in [3.05, 3.63) is 0 Å². The van der Waals surface area contributed by atoms with Crippen molar-refractivity contribution in [2.75, 3.05) is 13.2 Å². The molecule has 0 fully saturated rings. The Hall–Kier alpha value is -0.730. The van der Waals surface area contributed by atoms with E-state index in [-0.39, 0.29) is 12.8 Å². The quantitative estimate of drug-likeness (QED) is 0.0558. The van der Waals surface area contributed by atoms with Gasteiger partial charge in [0.25, 0.3) is 0 Å². The normalized spacial score (nSPS) is 18.4. The second-order valence-corrected chi connectivity index (χ2v) is 10.1. The molecule has 0 aliphatic heterocycles. The summed E-state index contributed by atoms with van der Waals surface area (Å²) in [6.07, 6.45) is -0.472. The number of ether oxygens (including phenoxy) is 2. The monoisotopic (exact) mass is 554 g/mol. The van der Waals surface area contributed by atoms with E-state index in [1.54, 1.807) is 6.92 Å². The summed E-state index contributed by atoms with van der Waals surface area (Å²) in [5.74, 6) is -1.09. The van der Waals surface area contributed by atoms with Gasteiger partial charge in [0.2, 0.25) is 0 Å². The van der Waals surface area contributed by atoms with Crippen molar-refractivity contribution in [1.82, 2.24) is 0 Å². The molecule has 0 aromatic heterocycles. The summed E-state index contributed by atoms with van der Waals surface area (Å²) in [6, 6.07) is 0. The number of ketones is 1. The molecule has 8 N–H and O–H groups in total. The van der Waals surface area contributed by atoms with Crippen LogP contribution in [0.2, 0.25) is 0 Å². The van der Waals surface area contributed by atoms with Gasteiger partial charge in [0.15, 0.2) is 24.5 Å². The minimum Gasteiger partial charge on any atom is -0.396 e. The average Bonchev–Trinajstić information content (AvgIpc) is 2.89. The van der Waals surface area contributed by atoms with Gasteiger partial charge in [0.05, 0.1) is 12.2 Å². The molecule has 11 heteroatoms. The molecule has 0 rings (SSSR count). The molecule has 8 unspecified atom stereocenters. The standard InChI is InChI=1S/C27H54O11/c1-3-4-5-6-7-8-9-10-11-12-13-14-19(2)37-26(35)25(34)23(32)21(16-18-29)38-27(36)24(33)22(31)20(30)15-17-28/h19-22,24-31,33-36H,3-18H2,1-2H3. The Labute approximate surface area is 227 Å². The van der Waals surface area contributed by atoms with Crippen LogP contribution in [-0.4, -0.2) is 109 Å². The van der Waals surface area contributed by atoms with Crippen molar-refractivity contribution in [1.29, 1.82) is 0 Å². The molecular formula is C27H54O11. The molecule has 38 heavy (non-hydrogen) atoms. The maximum atomic E-state index is 12.6. The van der Waals surface area contributed by atoms with Gasteiger partial charge in [-0.1, -0.05) is 77.6 Å². The third-order valence-electron chi connectivity index (χ3n) is 6.62. The lowest BCUT2D eigenvalue weighted by Crippen LogP contribution is -2.50. The fourth-order valence-electron chi connectivity index (χ4n) is 4.15. The Morgan fingerprint density at radius 3 is 1.63 bits per heavy atom. The second kappa shape index (κ2) is 23.0. The minimum absolute atomic E-state index is 0.274. The molecule has 0 aliphatic rings. The van der Waals surface area contributed by atoms with Gasteiger partial charge in [-0.05, 0) is 19.8 Å². The molecule has 228 valence electrons. The Kier molecular flexibility index (Phi) is 22.6. The molecule has 0 aromatic carbocycles. The number of unbranched alkanes of at least 4 members (excludes halogenated alkanes) is 10. The van der Waals surface area contributed by atoms with E-state index in [1.807, 2.05) is 0 Å². The van der Waals surface area contributed by atoms with Gasteiger partial charge in [0.1, 0.15) is 18.3 Å². The first-order valence-electron chi connectivity index (χ1n) is 14.2. The molecule has 0 heterocycles. The highest BCUT2D eigenvalue weighted by Gasteiger charge is 2.37. The minimum atomic E-state index is -2.16.